The van der Waals surface area contributed by atoms with Crippen LogP contribution in [0.3, 0.4) is 0 Å². The lowest BCUT2D eigenvalue weighted by molar-refractivity contribution is -0.142. The summed E-state index contributed by atoms with van der Waals surface area (Å²) in [5.74, 6) is -3.15. The Kier molecular flexibility index (Phi) is 4.06. The molecule has 0 aliphatic carbocycles. The first kappa shape index (κ1) is 14.8. The summed E-state index contributed by atoms with van der Waals surface area (Å²) in [6.45, 7) is 0.342. The fourth-order valence-corrected chi connectivity index (χ4v) is 2.20. The fourth-order valence-electron chi connectivity index (χ4n) is 2.20. The molecule has 1 atom stereocenters. The largest absolute Gasteiger partial charge is 0.481 e. The van der Waals surface area contributed by atoms with Gasteiger partial charge >= 0.3 is 5.97 Å². The molecule has 1 unspecified atom stereocenters. The highest BCUT2D eigenvalue weighted by molar-refractivity contribution is 6.02. The number of nitrogen functional groups attached to an aromatic ring is 1. The molecule has 0 aromatic heterocycles. The van der Waals surface area contributed by atoms with E-state index in [-0.39, 0.29) is 24.3 Å². The lowest BCUT2D eigenvalue weighted by atomic mass is 10.1. The van der Waals surface area contributed by atoms with Crippen LogP contribution in [0.2, 0.25) is 0 Å². The van der Waals surface area contributed by atoms with Crippen LogP contribution >= 0.6 is 0 Å². The summed E-state index contributed by atoms with van der Waals surface area (Å²) in [5.41, 5.74) is 5.13. The molecular weight excluding hydrogens is 281 g/mol. The molecule has 4 N–H and O–H groups in total. The van der Waals surface area contributed by atoms with Crippen molar-refractivity contribution >= 4 is 23.5 Å². The van der Waals surface area contributed by atoms with Crippen molar-refractivity contribution in [3.05, 3.63) is 29.6 Å². The van der Waals surface area contributed by atoms with Crippen LogP contribution in [0.25, 0.3) is 0 Å². The smallest absolute Gasteiger partial charge is 0.305 e. The van der Waals surface area contributed by atoms with Gasteiger partial charge in [-0.15, -0.1) is 0 Å². The minimum Gasteiger partial charge on any atom is -0.481 e. The molecule has 21 heavy (non-hydrogen) atoms. The number of hydrogen-bond donors (Lipinski definition) is 3. The highest BCUT2D eigenvalue weighted by Gasteiger charge is 2.35. The van der Waals surface area contributed by atoms with Crippen molar-refractivity contribution in [3.63, 3.8) is 0 Å². The summed E-state index contributed by atoms with van der Waals surface area (Å²) in [7, 11) is 0. The van der Waals surface area contributed by atoms with Gasteiger partial charge in [-0.1, -0.05) is 6.07 Å². The van der Waals surface area contributed by atoms with Gasteiger partial charge in [-0.2, -0.15) is 0 Å². The van der Waals surface area contributed by atoms with Crippen molar-refractivity contribution < 1.29 is 23.9 Å². The molecule has 1 fully saturated rings. The maximum atomic E-state index is 13.4. The SMILES string of the molecule is Nc1c(F)cccc1C(=O)N1CCNC(=O)C1CC(=O)O. The first-order chi connectivity index (χ1) is 9.91. The molecule has 1 aromatic carbocycles. The van der Waals surface area contributed by atoms with E-state index >= 15 is 0 Å². The summed E-state index contributed by atoms with van der Waals surface area (Å²) in [6.07, 6.45) is -0.521. The van der Waals surface area contributed by atoms with Crippen LogP contribution < -0.4 is 11.1 Å². The number of amides is 2. The topological polar surface area (TPSA) is 113 Å². The number of carboxylic acid groups (broad SMARTS) is 1. The van der Waals surface area contributed by atoms with Gasteiger partial charge < -0.3 is 21.1 Å². The van der Waals surface area contributed by atoms with E-state index in [9.17, 15) is 18.8 Å². The van der Waals surface area contributed by atoms with E-state index in [2.05, 4.69) is 5.32 Å². The first-order valence-electron chi connectivity index (χ1n) is 6.26. The molecule has 7 nitrogen and oxygen atoms in total. The van der Waals surface area contributed by atoms with Crippen molar-refractivity contribution in [2.24, 2.45) is 0 Å². The number of benzene rings is 1. The number of nitrogens with one attached hydrogen (secondary N) is 1. The molecule has 0 spiro atoms. The van der Waals surface area contributed by atoms with Crippen LogP contribution in [0.5, 0.6) is 0 Å². The molecular formula is C13H14FN3O4. The Morgan fingerprint density at radius 1 is 1.48 bits per heavy atom. The second-order valence-electron chi connectivity index (χ2n) is 4.60. The molecule has 1 saturated heterocycles. The van der Waals surface area contributed by atoms with Crippen molar-refractivity contribution in [2.75, 3.05) is 18.8 Å². The monoisotopic (exact) mass is 295 g/mol. The maximum Gasteiger partial charge on any atom is 0.305 e. The van der Waals surface area contributed by atoms with Crippen LogP contribution in [0.1, 0.15) is 16.8 Å². The number of nitrogens with zero attached hydrogens (tertiary/aromatic N) is 1. The Bertz CT molecular complexity index is 605. The summed E-state index contributed by atoms with van der Waals surface area (Å²) in [4.78, 5) is 36.1. The highest BCUT2D eigenvalue weighted by atomic mass is 19.1. The van der Waals surface area contributed by atoms with E-state index in [0.717, 1.165) is 11.0 Å². The number of anilines is 1. The van der Waals surface area contributed by atoms with Gasteiger partial charge in [0, 0.05) is 13.1 Å². The minimum atomic E-state index is -1.21. The lowest BCUT2D eigenvalue weighted by Crippen LogP contribution is -2.57. The molecule has 112 valence electrons. The van der Waals surface area contributed by atoms with Gasteiger partial charge in [0.15, 0.2) is 0 Å². The number of halogens is 1. The minimum absolute atomic E-state index is 0.0833. The Balaban J connectivity index is 2.32. The van der Waals surface area contributed by atoms with Crippen molar-refractivity contribution in [1.29, 1.82) is 0 Å². The number of rotatable bonds is 3. The lowest BCUT2D eigenvalue weighted by Gasteiger charge is -2.34. The van der Waals surface area contributed by atoms with Gasteiger partial charge in [0.1, 0.15) is 11.9 Å². The Labute approximate surface area is 119 Å². The van der Waals surface area contributed by atoms with Crippen LogP contribution in [0.4, 0.5) is 10.1 Å². The normalized spacial score (nSPS) is 18.2. The third-order valence-electron chi connectivity index (χ3n) is 3.24. The zero-order valence-electron chi connectivity index (χ0n) is 11.0. The molecule has 0 radical (unpaired) electrons. The van der Waals surface area contributed by atoms with Gasteiger partial charge in [0.05, 0.1) is 17.7 Å². The van der Waals surface area contributed by atoms with Crippen LogP contribution in [-0.4, -0.2) is 46.9 Å². The van der Waals surface area contributed by atoms with Gasteiger partial charge in [-0.25, -0.2) is 4.39 Å². The van der Waals surface area contributed by atoms with E-state index in [1.807, 2.05) is 0 Å². The third-order valence-corrected chi connectivity index (χ3v) is 3.24. The van der Waals surface area contributed by atoms with Crippen LogP contribution in [-0.2, 0) is 9.59 Å². The zero-order chi connectivity index (χ0) is 15.6. The van der Waals surface area contributed by atoms with E-state index in [0.29, 0.717) is 0 Å². The van der Waals surface area contributed by atoms with Gasteiger partial charge in [-0.05, 0) is 12.1 Å². The molecule has 2 rings (SSSR count). The molecule has 0 bridgehead atoms. The van der Waals surface area contributed by atoms with Crippen LogP contribution in [0, 0.1) is 5.82 Å². The van der Waals surface area contributed by atoms with Crippen molar-refractivity contribution in [2.45, 2.75) is 12.5 Å². The standard InChI is InChI=1S/C13H14FN3O4/c14-8-3-1-2-7(11(8)15)13(21)17-5-4-16-12(20)9(17)6-10(18)19/h1-3,9H,4-6,15H2,(H,16,20)(H,18,19). The Morgan fingerprint density at radius 2 is 2.19 bits per heavy atom. The van der Waals surface area contributed by atoms with E-state index in [1.165, 1.54) is 12.1 Å². The molecule has 8 heteroatoms. The Morgan fingerprint density at radius 3 is 2.86 bits per heavy atom. The van der Waals surface area contributed by atoms with Gasteiger partial charge in [0.2, 0.25) is 5.91 Å². The molecule has 2 amide bonds. The summed E-state index contributed by atoms with van der Waals surface area (Å²) < 4.78 is 13.4. The average Bonchev–Trinajstić information content (AvgIpc) is 2.43. The number of nitrogens with two attached hydrogens (primary N) is 1. The summed E-state index contributed by atoms with van der Waals surface area (Å²) in [6, 6.07) is 2.65. The average molecular weight is 295 g/mol. The number of carbonyl (C=O) groups excluding carboxylic acids is 2. The Hall–Kier alpha value is -2.64. The van der Waals surface area contributed by atoms with Gasteiger partial charge in [0.25, 0.3) is 5.91 Å². The molecule has 1 aromatic rings. The van der Waals surface area contributed by atoms with Crippen molar-refractivity contribution in [1.82, 2.24) is 10.2 Å². The number of carboxylic acids is 1. The van der Waals surface area contributed by atoms with Gasteiger partial charge in [-0.3, -0.25) is 14.4 Å². The number of carbonyl (C=O) groups is 3. The second kappa shape index (κ2) is 5.78. The predicted molar refractivity (Wildman–Crippen MR) is 70.9 cm³/mol. The van der Waals surface area contributed by atoms with E-state index < -0.39 is 36.1 Å². The fraction of sp³-hybridized carbons (Fsp3) is 0.308. The maximum absolute atomic E-state index is 13.4. The summed E-state index contributed by atoms with van der Waals surface area (Å²) in [5, 5.41) is 11.3. The zero-order valence-corrected chi connectivity index (χ0v) is 11.0. The number of hydrogen-bond acceptors (Lipinski definition) is 4. The molecule has 1 heterocycles. The molecule has 1 aliphatic rings. The van der Waals surface area contributed by atoms with Crippen LogP contribution in [0.15, 0.2) is 18.2 Å². The third kappa shape index (κ3) is 2.93. The number of para-hydroxylation sites is 1. The number of aliphatic carboxylic acids is 1. The van der Waals surface area contributed by atoms with Crippen molar-refractivity contribution in [3.8, 4) is 0 Å². The summed E-state index contributed by atoms with van der Waals surface area (Å²) >= 11 is 0. The van der Waals surface area contributed by atoms with E-state index in [4.69, 9.17) is 10.8 Å². The quantitative estimate of drug-likeness (QED) is 0.670. The molecule has 1 aliphatic heterocycles. The second-order valence-corrected chi connectivity index (χ2v) is 4.60. The predicted octanol–water partition coefficient (Wildman–Crippen LogP) is -0.177. The number of piperazine rings is 1. The molecule has 0 saturated carbocycles. The highest BCUT2D eigenvalue weighted by Crippen LogP contribution is 2.20. The first-order valence-corrected chi connectivity index (χ1v) is 6.26. The van der Waals surface area contributed by atoms with E-state index in [1.54, 1.807) is 0 Å².